The topological polar surface area (TPSA) is 52.3 Å². The second kappa shape index (κ2) is 5.11. The summed E-state index contributed by atoms with van der Waals surface area (Å²) in [6, 6.07) is 3.85. The molecule has 1 aliphatic carbocycles. The Morgan fingerprint density at radius 3 is 2.61 bits per heavy atom. The maximum absolute atomic E-state index is 12.5. The van der Waals surface area contributed by atoms with Crippen LogP contribution in [-0.2, 0) is 0 Å². The van der Waals surface area contributed by atoms with Gasteiger partial charge >= 0.3 is 0 Å². The molecule has 2 atom stereocenters. The zero-order chi connectivity index (χ0) is 13.3. The molecule has 1 aliphatic rings. The molecule has 2 unspecified atom stereocenters. The van der Waals surface area contributed by atoms with Crippen molar-refractivity contribution in [3.05, 3.63) is 28.8 Å². The van der Waals surface area contributed by atoms with Crippen molar-refractivity contribution in [2.24, 2.45) is 11.7 Å². The molecule has 3 nitrogen and oxygen atoms in total. The molecule has 0 spiro atoms. The summed E-state index contributed by atoms with van der Waals surface area (Å²) in [6.45, 7) is 4.01. The van der Waals surface area contributed by atoms with Crippen LogP contribution in [0.4, 0.5) is 0 Å². The number of aryl methyl sites for hydroxylation is 1. The molecule has 0 saturated heterocycles. The third-order valence-corrected chi connectivity index (χ3v) is 4.05. The Kier molecular flexibility index (Phi) is 3.71. The van der Waals surface area contributed by atoms with Crippen LogP contribution in [0.5, 0.6) is 5.75 Å². The SMILES string of the molecule is COc1c(C(=O)C2CCCC2N)ccc(C)c1C. The van der Waals surface area contributed by atoms with Gasteiger partial charge in [-0.15, -0.1) is 0 Å². The van der Waals surface area contributed by atoms with Crippen LogP contribution >= 0.6 is 0 Å². The molecule has 1 aromatic carbocycles. The van der Waals surface area contributed by atoms with E-state index in [4.69, 9.17) is 10.5 Å². The molecule has 1 aromatic rings. The van der Waals surface area contributed by atoms with Crippen LogP contribution < -0.4 is 10.5 Å². The van der Waals surface area contributed by atoms with E-state index >= 15 is 0 Å². The average Bonchev–Trinajstić information content (AvgIpc) is 2.78. The van der Waals surface area contributed by atoms with E-state index in [1.807, 2.05) is 26.0 Å². The lowest BCUT2D eigenvalue weighted by Crippen LogP contribution is -2.31. The third kappa shape index (κ3) is 2.15. The average molecular weight is 247 g/mol. The number of ether oxygens (including phenoxy) is 1. The van der Waals surface area contributed by atoms with Gasteiger partial charge in [0.15, 0.2) is 5.78 Å². The lowest BCUT2D eigenvalue weighted by molar-refractivity contribution is 0.0910. The summed E-state index contributed by atoms with van der Waals surface area (Å²) in [6.07, 6.45) is 2.89. The van der Waals surface area contributed by atoms with E-state index in [2.05, 4.69) is 0 Å². The monoisotopic (exact) mass is 247 g/mol. The molecular weight excluding hydrogens is 226 g/mol. The van der Waals surface area contributed by atoms with Gasteiger partial charge in [0, 0.05) is 12.0 Å². The number of hydrogen-bond acceptors (Lipinski definition) is 3. The van der Waals surface area contributed by atoms with Crippen molar-refractivity contribution >= 4 is 5.78 Å². The summed E-state index contributed by atoms with van der Waals surface area (Å²) in [5.74, 6) is 0.806. The van der Waals surface area contributed by atoms with Gasteiger partial charge in [-0.2, -0.15) is 0 Å². The fourth-order valence-electron chi connectivity index (χ4n) is 2.76. The van der Waals surface area contributed by atoms with Gasteiger partial charge in [0.25, 0.3) is 0 Å². The maximum Gasteiger partial charge on any atom is 0.171 e. The largest absolute Gasteiger partial charge is 0.496 e. The maximum atomic E-state index is 12.5. The number of nitrogens with two attached hydrogens (primary N) is 1. The van der Waals surface area contributed by atoms with Crippen molar-refractivity contribution in [1.82, 2.24) is 0 Å². The minimum atomic E-state index is -0.0407. The fourth-order valence-corrected chi connectivity index (χ4v) is 2.76. The van der Waals surface area contributed by atoms with Gasteiger partial charge in [0.2, 0.25) is 0 Å². The highest BCUT2D eigenvalue weighted by Gasteiger charge is 2.32. The van der Waals surface area contributed by atoms with Gasteiger partial charge < -0.3 is 10.5 Å². The van der Waals surface area contributed by atoms with E-state index in [1.54, 1.807) is 7.11 Å². The van der Waals surface area contributed by atoms with E-state index in [0.717, 1.165) is 30.4 Å². The predicted octanol–water partition coefficient (Wildman–Crippen LogP) is 2.62. The minimum Gasteiger partial charge on any atom is -0.496 e. The Morgan fingerprint density at radius 1 is 1.33 bits per heavy atom. The van der Waals surface area contributed by atoms with Crippen molar-refractivity contribution in [2.45, 2.75) is 39.2 Å². The molecule has 0 aromatic heterocycles. The van der Waals surface area contributed by atoms with Crippen molar-refractivity contribution in [2.75, 3.05) is 7.11 Å². The molecule has 1 saturated carbocycles. The summed E-state index contributed by atoms with van der Waals surface area (Å²) < 4.78 is 5.41. The predicted molar refractivity (Wildman–Crippen MR) is 72.1 cm³/mol. The molecule has 3 heteroatoms. The highest BCUT2D eigenvalue weighted by Crippen LogP contribution is 2.33. The number of Topliss-reactive ketones (excluding diaryl/α,β-unsaturated/α-hetero) is 1. The smallest absolute Gasteiger partial charge is 0.171 e. The first kappa shape index (κ1) is 13.1. The van der Waals surface area contributed by atoms with Crippen molar-refractivity contribution in [1.29, 1.82) is 0 Å². The standard InChI is InChI=1S/C15H21NO2/c1-9-7-8-12(15(18-3)10(9)2)14(17)11-5-4-6-13(11)16/h7-8,11,13H,4-6,16H2,1-3H3. The van der Waals surface area contributed by atoms with E-state index < -0.39 is 0 Å². The van der Waals surface area contributed by atoms with Crippen molar-refractivity contribution in [3.63, 3.8) is 0 Å². The summed E-state index contributed by atoms with van der Waals surface area (Å²) in [4.78, 5) is 12.5. The Hall–Kier alpha value is -1.35. The second-order valence-electron chi connectivity index (χ2n) is 5.15. The molecular formula is C15H21NO2. The first-order valence-corrected chi connectivity index (χ1v) is 6.50. The van der Waals surface area contributed by atoms with Gasteiger partial charge in [-0.1, -0.05) is 12.5 Å². The number of rotatable bonds is 3. The number of methoxy groups -OCH3 is 1. The van der Waals surface area contributed by atoms with Gasteiger partial charge in [0.1, 0.15) is 5.75 Å². The normalized spacial score (nSPS) is 23.1. The minimum absolute atomic E-state index is 0.00353. The van der Waals surface area contributed by atoms with E-state index in [0.29, 0.717) is 11.3 Å². The molecule has 2 rings (SSSR count). The number of hydrogen-bond donors (Lipinski definition) is 1. The van der Waals surface area contributed by atoms with E-state index in [-0.39, 0.29) is 17.7 Å². The highest BCUT2D eigenvalue weighted by molar-refractivity contribution is 6.01. The second-order valence-corrected chi connectivity index (χ2v) is 5.15. The van der Waals surface area contributed by atoms with Crippen LogP contribution in [0.3, 0.4) is 0 Å². The van der Waals surface area contributed by atoms with Crippen molar-refractivity contribution < 1.29 is 9.53 Å². The first-order valence-electron chi connectivity index (χ1n) is 6.50. The van der Waals surface area contributed by atoms with Gasteiger partial charge in [-0.3, -0.25) is 4.79 Å². The van der Waals surface area contributed by atoms with Crippen LogP contribution in [0.25, 0.3) is 0 Å². The summed E-state index contributed by atoms with van der Waals surface area (Å²) in [7, 11) is 1.62. The van der Waals surface area contributed by atoms with Gasteiger partial charge in [0.05, 0.1) is 12.7 Å². The Balaban J connectivity index is 2.39. The molecule has 98 valence electrons. The quantitative estimate of drug-likeness (QED) is 0.835. The molecule has 0 heterocycles. The number of carbonyl (C=O) groups excluding carboxylic acids is 1. The zero-order valence-corrected chi connectivity index (χ0v) is 11.3. The molecule has 18 heavy (non-hydrogen) atoms. The summed E-state index contributed by atoms with van der Waals surface area (Å²) in [5, 5.41) is 0. The lowest BCUT2D eigenvalue weighted by atomic mass is 9.91. The molecule has 2 N–H and O–H groups in total. The first-order chi connectivity index (χ1) is 8.56. The summed E-state index contributed by atoms with van der Waals surface area (Å²) in [5.41, 5.74) is 8.87. The fraction of sp³-hybridized carbons (Fsp3) is 0.533. The third-order valence-electron chi connectivity index (χ3n) is 4.05. The molecule has 0 bridgehead atoms. The van der Waals surface area contributed by atoms with Crippen LogP contribution in [0.15, 0.2) is 12.1 Å². The van der Waals surface area contributed by atoms with Crippen LogP contribution in [0, 0.1) is 19.8 Å². The van der Waals surface area contributed by atoms with E-state index in [1.165, 1.54) is 0 Å². The zero-order valence-electron chi connectivity index (χ0n) is 11.3. The van der Waals surface area contributed by atoms with Gasteiger partial charge in [-0.25, -0.2) is 0 Å². The lowest BCUT2D eigenvalue weighted by Gasteiger charge is -2.18. The Bertz CT molecular complexity index is 468. The Labute approximate surface area is 108 Å². The number of benzene rings is 1. The van der Waals surface area contributed by atoms with Crippen molar-refractivity contribution in [3.8, 4) is 5.75 Å². The summed E-state index contributed by atoms with van der Waals surface area (Å²) >= 11 is 0. The Morgan fingerprint density at radius 2 is 2.06 bits per heavy atom. The highest BCUT2D eigenvalue weighted by atomic mass is 16.5. The molecule has 0 radical (unpaired) electrons. The molecule has 0 amide bonds. The van der Waals surface area contributed by atoms with Gasteiger partial charge in [-0.05, 0) is 43.9 Å². The van der Waals surface area contributed by atoms with Crippen LogP contribution in [-0.4, -0.2) is 18.9 Å². The molecule has 0 aliphatic heterocycles. The van der Waals surface area contributed by atoms with E-state index in [9.17, 15) is 4.79 Å². The number of ketones is 1. The number of carbonyl (C=O) groups is 1. The van der Waals surface area contributed by atoms with Crippen LogP contribution in [0.2, 0.25) is 0 Å². The van der Waals surface area contributed by atoms with Crippen LogP contribution in [0.1, 0.15) is 40.7 Å². The molecule has 1 fully saturated rings.